The van der Waals surface area contributed by atoms with Gasteiger partial charge in [0, 0.05) is 20.3 Å². The van der Waals surface area contributed by atoms with Gasteiger partial charge in [0.15, 0.2) is 11.5 Å². The molecule has 1 aliphatic rings. The molecule has 1 N–H and O–H groups in total. The fourth-order valence-electron chi connectivity index (χ4n) is 1.89. The van der Waals surface area contributed by atoms with Crippen LogP contribution in [0.2, 0.25) is 0 Å². The molecule has 1 heterocycles. The van der Waals surface area contributed by atoms with Gasteiger partial charge in [0.25, 0.3) is 0 Å². The average molecular weight is 432 g/mol. The number of fused-ring (bicyclic) bond motifs is 1. The minimum Gasteiger partial charge on any atom is -0.454 e. The zero-order chi connectivity index (χ0) is 13.2. The van der Waals surface area contributed by atoms with E-state index in [2.05, 4.69) is 62.0 Å². The predicted molar refractivity (Wildman–Crippen MR) is 86.8 cm³/mol. The molecule has 0 amide bonds. The van der Waals surface area contributed by atoms with E-state index in [0.717, 1.165) is 33.8 Å². The van der Waals surface area contributed by atoms with Gasteiger partial charge in [0.05, 0.1) is 0 Å². The molecule has 0 radical (unpaired) electrons. The van der Waals surface area contributed by atoms with Gasteiger partial charge in [-0.3, -0.25) is 0 Å². The van der Waals surface area contributed by atoms with Crippen LogP contribution in [0.5, 0.6) is 11.5 Å². The topological polar surface area (TPSA) is 30.5 Å². The minimum absolute atomic E-state index is 0.301. The van der Waals surface area contributed by atoms with Crippen LogP contribution in [0.4, 0.5) is 5.69 Å². The maximum absolute atomic E-state index is 5.39. The summed E-state index contributed by atoms with van der Waals surface area (Å²) < 4.78 is 13.0. The van der Waals surface area contributed by atoms with Crippen molar-refractivity contribution >= 4 is 44.2 Å². The zero-order valence-corrected chi connectivity index (χ0v) is 13.7. The first-order chi connectivity index (χ1) is 9.22. The lowest BCUT2D eigenvalue weighted by atomic mass is 10.2. The first kappa shape index (κ1) is 13.1. The monoisotopic (exact) mass is 431 g/mol. The largest absolute Gasteiger partial charge is 0.454 e. The van der Waals surface area contributed by atoms with Gasteiger partial charge in [-0.1, -0.05) is 22.0 Å². The second-order valence-corrected chi connectivity index (χ2v) is 6.26. The van der Waals surface area contributed by atoms with Gasteiger partial charge >= 0.3 is 0 Å². The number of benzene rings is 2. The molecule has 3 rings (SSSR count). The highest BCUT2D eigenvalue weighted by atomic mass is 127. The van der Waals surface area contributed by atoms with Crippen LogP contribution < -0.4 is 14.8 Å². The Morgan fingerprint density at radius 1 is 1.16 bits per heavy atom. The first-order valence-electron chi connectivity index (χ1n) is 5.80. The maximum atomic E-state index is 5.39. The van der Waals surface area contributed by atoms with Crippen molar-refractivity contribution in [2.45, 2.75) is 6.54 Å². The van der Waals surface area contributed by atoms with E-state index in [1.165, 1.54) is 3.57 Å². The van der Waals surface area contributed by atoms with Crippen LogP contribution >= 0.6 is 38.5 Å². The fraction of sp³-hybridized carbons (Fsp3) is 0.143. The number of halogens is 2. The standard InChI is InChI=1S/C14H11BrINO2/c15-12-6-14-13(18-8-19-14)4-9(12)7-17-11-3-1-2-10(16)5-11/h1-6,17H,7-8H2. The van der Waals surface area contributed by atoms with E-state index in [9.17, 15) is 0 Å². The minimum atomic E-state index is 0.301. The fourth-order valence-corrected chi connectivity index (χ4v) is 2.90. The smallest absolute Gasteiger partial charge is 0.231 e. The number of ether oxygens (including phenoxy) is 2. The third-order valence-corrected chi connectivity index (χ3v) is 4.26. The van der Waals surface area contributed by atoms with Crippen molar-refractivity contribution in [1.82, 2.24) is 0 Å². The van der Waals surface area contributed by atoms with E-state index >= 15 is 0 Å². The Balaban J connectivity index is 1.77. The van der Waals surface area contributed by atoms with Gasteiger partial charge in [-0.05, 0) is 58.5 Å². The summed E-state index contributed by atoms with van der Waals surface area (Å²) in [6, 6.07) is 12.2. The predicted octanol–water partition coefficient (Wildman–Crippen LogP) is 4.39. The molecule has 0 saturated carbocycles. The molecule has 98 valence electrons. The van der Waals surface area contributed by atoms with Crippen molar-refractivity contribution in [3.8, 4) is 11.5 Å². The zero-order valence-electron chi connectivity index (χ0n) is 9.95. The Morgan fingerprint density at radius 3 is 2.74 bits per heavy atom. The molecule has 0 fully saturated rings. The van der Waals surface area contributed by atoms with Gasteiger partial charge < -0.3 is 14.8 Å². The van der Waals surface area contributed by atoms with Crippen LogP contribution in [-0.4, -0.2) is 6.79 Å². The van der Waals surface area contributed by atoms with Gasteiger partial charge in [-0.2, -0.15) is 0 Å². The molecule has 0 aliphatic carbocycles. The summed E-state index contributed by atoms with van der Waals surface area (Å²) in [4.78, 5) is 0. The SMILES string of the molecule is Brc1cc2c(cc1CNc1cccc(I)c1)OCO2. The van der Waals surface area contributed by atoms with E-state index in [1.807, 2.05) is 18.2 Å². The van der Waals surface area contributed by atoms with Crippen LogP contribution in [-0.2, 0) is 6.54 Å². The molecule has 0 bridgehead atoms. The quantitative estimate of drug-likeness (QED) is 0.731. The Hall–Kier alpha value is -0.950. The Bertz CT molecular complexity index is 618. The summed E-state index contributed by atoms with van der Waals surface area (Å²) in [7, 11) is 0. The third-order valence-electron chi connectivity index (χ3n) is 2.85. The molecular weight excluding hydrogens is 421 g/mol. The van der Waals surface area contributed by atoms with Crippen molar-refractivity contribution in [1.29, 1.82) is 0 Å². The van der Waals surface area contributed by atoms with Crippen LogP contribution in [0.1, 0.15) is 5.56 Å². The number of anilines is 1. The van der Waals surface area contributed by atoms with Gasteiger partial charge in [-0.25, -0.2) is 0 Å². The third kappa shape index (κ3) is 2.97. The van der Waals surface area contributed by atoms with Crippen molar-refractivity contribution in [3.63, 3.8) is 0 Å². The van der Waals surface area contributed by atoms with Gasteiger partial charge in [0.1, 0.15) is 0 Å². The van der Waals surface area contributed by atoms with Crippen LogP contribution in [0.25, 0.3) is 0 Å². The molecule has 0 atom stereocenters. The summed E-state index contributed by atoms with van der Waals surface area (Å²) in [5.74, 6) is 1.60. The van der Waals surface area contributed by atoms with Gasteiger partial charge in [0.2, 0.25) is 6.79 Å². The summed E-state index contributed by atoms with van der Waals surface area (Å²) in [6.07, 6.45) is 0. The Labute approximate surface area is 133 Å². The van der Waals surface area contributed by atoms with E-state index in [1.54, 1.807) is 0 Å². The maximum Gasteiger partial charge on any atom is 0.231 e. The van der Waals surface area contributed by atoms with Gasteiger partial charge in [-0.15, -0.1) is 0 Å². The lowest BCUT2D eigenvalue weighted by molar-refractivity contribution is 0.174. The molecule has 2 aromatic rings. The van der Waals surface area contributed by atoms with Crippen LogP contribution in [0.15, 0.2) is 40.9 Å². The lowest BCUT2D eigenvalue weighted by Gasteiger charge is -2.09. The molecule has 0 saturated heterocycles. The highest BCUT2D eigenvalue weighted by Gasteiger charge is 2.16. The van der Waals surface area contributed by atoms with E-state index in [-0.39, 0.29) is 0 Å². The van der Waals surface area contributed by atoms with E-state index in [0.29, 0.717) is 6.79 Å². The molecule has 19 heavy (non-hydrogen) atoms. The molecule has 0 unspecified atom stereocenters. The van der Waals surface area contributed by atoms with Crippen molar-refractivity contribution in [3.05, 3.63) is 50.0 Å². The second kappa shape index (κ2) is 5.58. The highest BCUT2D eigenvalue weighted by Crippen LogP contribution is 2.37. The summed E-state index contributed by atoms with van der Waals surface area (Å²) in [5, 5.41) is 3.40. The summed E-state index contributed by atoms with van der Waals surface area (Å²) in [6.45, 7) is 1.03. The molecule has 0 aromatic heterocycles. The molecule has 3 nitrogen and oxygen atoms in total. The number of hydrogen-bond donors (Lipinski definition) is 1. The highest BCUT2D eigenvalue weighted by molar-refractivity contribution is 14.1. The van der Waals surface area contributed by atoms with Crippen molar-refractivity contribution in [2.75, 3.05) is 12.1 Å². The van der Waals surface area contributed by atoms with Crippen LogP contribution in [0, 0.1) is 3.57 Å². The summed E-state index contributed by atoms with van der Waals surface area (Å²) in [5.41, 5.74) is 2.25. The second-order valence-electron chi connectivity index (χ2n) is 4.16. The van der Waals surface area contributed by atoms with Crippen molar-refractivity contribution in [2.24, 2.45) is 0 Å². The van der Waals surface area contributed by atoms with Crippen LogP contribution in [0.3, 0.4) is 0 Å². The van der Waals surface area contributed by atoms with E-state index < -0.39 is 0 Å². The Morgan fingerprint density at radius 2 is 1.95 bits per heavy atom. The van der Waals surface area contributed by atoms with E-state index in [4.69, 9.17) is 9.47 Å². The van der Waals surface area contributed by atoms with Crippen molar-refractivity contribution < 1.29 is 9.47 Å². The Kier molecular flexibility index (Phi) is 3.83. The molecule has 5 heteroatoms. The molecular formula is C14H11BrINO2. The first-order valence-corrected chi connectivity index (χ1v) is 7.67. The molecule has 1 aliphatic heterocycles. The number of rotatable bonds is 3. The number of nitrogens with one attached hydrogen (secondary N) is 1. The molecule has 2 aromatic carbocycles. The average Bonchev–Trinajstić information content (AvgIpc) is 2.83. The summed E-state index contributed by atoms with van der Waals surface area (Å²) >= 11 is 5.87. The molecule has 0 spiro atoms. The number of hydrogen-bond acceptors (Lipinski definition) is 3. The lowest BCUT2D eigenvalue weighted by Crippen LogP contribution is -2.00. The normalized spacial score (nSPS) is 12.5.